The Hall–Kier alpha value is -3.80. The highest BCUT2D eigenvalue weighted by Crippen LogP contribution is 2.44. The first-order valence-corrected chi connectivity index (χ1v) is 16.1. The summed E-state index contributed by atoms with van der Waals surface area (Å²) in [6, 6.07) is 2.84. The van der Waals surface area contributed by atoms with Gasteiger partial charge in [-0.25, -0.2) is 17.6 Å². The summed E-state index contributed by atoms with van der Waals surface area (Å²) in [6.45, 7) is 4.32. The lowest BCUT2D eigenvalue weighted by molar-refractivity contribution is -0.242. The molecule has 2 aromatic rings. The molecule has 0 saturated heterocycles. The number of hydrogen-bond acceptors (Lipinski definition) is 9. The third kappa shape index (κ3) is 7.43. The zero-order valence-corrected chi connectivity index (χ0v) is 26.5. The van der Waals surface area contributed by atoms with E-state index in [1.165, 1.54) is 29.1 Å². The van der Waals surface area contributed by atoms with Gasteiger partial charge in [0.05, 0.1) is 30.8 Å². The maximum Gasteiger partial charge on any atom is 0.427 e. The molecule has 4 unspecified atom stereocenters. The summed E-state index contributed by atoms with van der Waals surface area (Å²) in [5.74, 6) is -1.59. The van der Waals surface area contributed by atoms with Gasteiger partial charge in [0.15, 0.2) is 4.90 Å². The normalized spacial score (nSPS) is 21.2. The quantitative estimate of drug-likeness (QED) is 0.268. The van der Waals surface area contributed by atoms with Crippen molar-refractivity contribution in [2.75, 3.05) is 29.4 Å². The molecule has 1 aliphatic carbocycles. The Morgan fingerprint density at radius 2 is 1.91 bits per heavy atom. The highest BCUT2D eigenvalue weighted by molar-refractivity contribution is 7.93. The van der Waals surface area contributed by atoms with E-state index in [-0.39, 0.29) is 60.4 Å². The van der Waals surface area contributed by atoms with Crippen LogP contribution in [0.15, 0.2) is 29.3 Å². The van der Waals surface area contributed by atoms with Crippen molar-refractivity contribution in [3.8, 4) is 11.6 Å². The Morgan fingerprint density at radius 1 is 1.22 bits per heavy atom. The Bertz CT molecular complexity index is 1530. The molecule has 0 radical (unpaired) electrons. The number of ether oxygens (including phenoxy) is 3. The molecule has 256 valence electrons. The first-order valence-electron chi connectivity index (χ1n) is 14.7. The minimum Gasteiger partial charge on any atom is -0.484 e. The molecule has 18 heteroatoms. The molecule has 1 aromatic heterocycles. The van der Waals surface area contributed by atoms with Gasteiger partial charge in [-0.1, -0.05) is 13.3 Å². The van der Waals surface area contributed by atoms with Crippen LogP contribution in [0.1, 0.15) is 47.0 Å². The minimum absolute atomic E-state index is 0.0141. The second-order valence-corrected chi connectivity index (χ2v) is 13.1. The number of anilines is 2. The summed E-state index contributed by atoms with van der Waals surface area (Å²) in [6.07, 6.45) is -6.49. The van der Waals surface area contributed by atoms with Gasteiger partial charge in [-0.05, 0) is 51.8 Å². The highest BCUT2D eigenvalue weighted by atomic mass is 32.2. The molecule has 1 fully saturated rings. The number of aliphatic hydroxyl groups is 1. The number of fused-ring (bicyclic) bond motifs is 1. The van der Waals surface area contributed by atoms with Gasteiger partial charge in [-0.3, -0.25) is 19.1 Å². The molecule has 1 aliphatic heterocycles. The van der Waals surface area contributed by atoms with Gasteiger partial charge >= 0.3 is 12.3 Å². The molecule has 2 amide bonds. The summed E-state index contributed by atoms with van der Waals surface area (Å²) in [4.78, 5) is 24.6. The van der Waals surface area contributed by atoms with Crippen molar-refractivity contribution in [3.63, 3.8) is 0 Å². The van der Waals surface area contributed by atoms with Crippen LogP contribution in [0.4, 0.5) is 33.7 Å². The predicted molar refractivity (Wildman–Crippen MR) is 156 cm³/mol. The van der Waals surface area contributed by atoms with E-state index in [1.54, 1.807) is 13.8 Å². The van der Waals surface area contributed by atoms with Crippen molar-refractivity contribution in [3.05, 3.63) is 24.4 Å². The molecule has 1 aromatic carbocycles. The van der Waals surface area contributed by atoms with Crippen LogP contribution in [-0.4, -0.2) is 85.2 Å². The van der Waals surface area contributed by atoms with E-state index in [0.717, 1.165) is 4.31 Å². The number of hydrogen-bond donors (Lipinski definition) is 3. The Kier molecular flexibility index (Phi) is 10.3. The molecular formula is C28H37F4N5O8S. The van der Waals surface area contributed by atoms with Crippen LogP contribution < -0.4 is 24.4 Å². The zero-order valence-electron chi connectivity index (χ0n) is 25.6. The summed E-state index contributed by atoms with van der Waals surface area (Å²) in [5.41, 5.74) is -2.99. The van der Waals surface area contributed by atoms with Gasteiger partial charge in [-0.15, -0.1) is 5.10 Å². The number of alkyl halides is 4. The van der Waals surface area contributed by atoms with Crippen LogP contribution in [0.3, 0.4) is 0 Å². The van der Waals surface area contributed by atoms with Crippen LogP contribution >= 0.6 is 0 Å². The van der Waals surface area contributed by atoms with Crippen molar-refractivity contribution >= 4 is 33.4 Å². The number of carbonyl (C=O) groups excluding carboxylic acids is 2. The standard InChI is InChI=1S/C28H37F4N5O8S/c1-5-7-19-22(14-33-24(39)17-13-18(17)29)44-21-9-8-16(34-26(40)45-27(3,4)28(30,31)32)12-20(21)37(19)46(41,42)23-15-36(6-2)35-25(23)43-11-10-38/h8-9,12,15,17-19,22,38H,5-7,10-11,13-14H2,1-4H3,(H,33,39)(H,34,40). The second-order valence-electron chi connectivity index (χ2n) is 11.3. The molecule has 2 aliphatic rings. The lowest BCUT2D eigenvalue weighted by Crippen LogP contribution is -2.56. The third-order valence-corrected chi connectivity index (χ3v) is 9.30. The number of halogens is 4. The number of amides is 2. The van der Waals surface area contributed by atoms with Gasteiger partial charge in [-0.2, -0.15) is 13.2 Å². The average molecular weight is 680 g/mol. The van der Waals surface area contributed by atoms with Gasteiger partial charge < -0.3 is 24.6 Å². The van der Waals surface area contributed by atoms with Crippen LogP contribution in [0.5, 0.6) is 11.6 Å². The molecule has 13 nitrogen and oxygen atoms in total. The van der Waals surface area contributed by atoms with Gasteiger partial charge in [0.25, 0.3) is 15.9 Å². The number of nitrogens with zero attached hydrogens (tertiary/aromatic N) is 3. The minimum atomic E-state index is -4.86. The van der Waals surface area contributed by atoms with Gasteiger partial charge in [0.2, 0.25) is 11.5 Å². The second kappa shape index (κ2) is 13.5. The SMILES string of the molecule is CCCC1C(CNC(=O)C2CC2F)Oc2ccc(NC(=O)OC(C)(C)C(F)(F)F)cc2N1S(=O)(=O)c1cn(CC)nc1OCCO. The number of carbonyl (C=O) groups is 2. The van der Waals surface area contributed by atoms with Gasteiger partial charge in [0.1, 0.15) is 24.6 Å². The van der Waals surface area contributed by atoms with Crippen LogP contribution in [0, 0.1) is 5.92 Å². The maximum absolute atomic E-state index is 14.5. The largest absolute Gasteiger partial charge is 0.484 e. The zero-order chi connectivity index (χ0) is 34.0. The Balaban J connectivity index is 1.77. The summed E-state index contributed by atoms with van der Waals surface area (Å²) in [5, 5.41) is 18.3. The topological polar surface area (TPSA) is 161 Å². The molecule has 4 atom stereocenters. The fourth-order valence-corrected chi connectivity index (χ4v) is 6.58. The van der Waals surface area contributed by atoms with E-state index in [2.05, 4.69) is 20.5 Å². The molecule has 1 saturated carbocycles. The number of aromatic nitrogens is 2. The number of aryl methyl sites for hydroxylation is 1. The third-order valence-electron chi connectivity index (χ3n) is 7.48. The van der Waals surface area contributed by atoms with Crippen LogP contribution in [0.25, 0.3) is 0 Å². The van der Waals surface area contributed by atoms with Crippen LogP contribution in [-0.2, 0) is 26.1 Å². The van der Waals surface area contributed by atoms with Crippen molar-refractivity contribution < 1.29 is 54.9 Å². The van der Waals surface area contributed by atoms with Crippen molar-refractivity contribution in [2.45, 2.75) is 88.5 Å². The van der Waals surface area contributed by atoms with E-state index in [1.807, 2.05) is 0 Å². The Labute approximate surface area is 263 Å². The van der Waals surface area contributed by atoms with Gasteiger partial charge in [0, 0.05) is 18.4 Å². The molecule has 4 rings (SSSR count). The first-order chi connectivity index (χ1) is 21.5. The smallest absolute Gasteiger partial charge is 0.427 e. The molecule has 0 bridgehead atoms. The molecule has 2 heterocycles. The van der Waals surface area contributed by atoms with E-state index in [4.69, 9.17) is 9.47 Å². The Morgan fingerprint density at radius 3 is 2.50 bits per heavy atom. The van der Waals surface area contributed by atoms with Crippen LogP contribution in [0.2, 0.25) is 0 Å². The fourth-order valence-electron chi connectivity index (χ4n) is 4.80. The van der Waals surface area contributed by atoms with E-state index in [9.17, 15) is 40.7 Å². The van der Waals surface area contributed by atoms with E-state index in [0.29, 0.717) is 20.3 Å². The highest BCUT2D eigenvalue weighted by Gasteiger charge is 2.51. The van der Waals surface area contributed by atoms with Crippen molar-refractivity contribution in [1.82, 2.24) is 15.1 Å². The van der Waals surface area contributed by atoms with Crippen molar-refractivity contribution in [2.24, 2.45) is 5.92 Å². The average Bonchev–Trinajstić information content (AvgIpc) is 3.55. The lowest BCUT2D eigenvalue weighted by Gasteiger charge is -2.42. The summed E-state index contributed by atoms with van der Waals surface area (Å²) < 4.78 is 101. The lowest BCUT2D eigenvalue weighted by atomic mass is 10.0. The number of benzene rings is 1. The van der Waals surface area contributed by atoms with E-state index < -0.39 is 64.6 Å². The van der Waals surface area contributed by atoms with Crippen molar-refractivity contribution in [1.29, 1.82) is 0 Å². The number of aliphatic hydroxyl groups excluding tert-OH is 1. The monoisotopic (exact) mass is 679 g/mol. The molecule has 46 heavy (non-hydrogen) atoms. The first kappa shape index (κ1) is 35.1. The van der Waals surface area contributed by atoms with E-state index >= 15 is 0 Å². The molecule has 3 N–H and O–H groups in total. The fraction of sp³-hybridized carbons (Fsp3) is 0.607. The predicted octanol–water partition coefficient (Wildman–Crippen LogP) is 3.76. The maximum atomic E-state index is 14.5. The summed E-state index contributed by atoms with van der Waals surface area (Å²) in [7, 11) is -4.58. The summed E-state index contributed by atoms with van der Waals surface area (Å²) >= 11 is 0. The number of nitrogens with one attached hydrogen (secondary N) is 2. The molecular weight excluding hydrogens is 642 g/mol. The number of rotatable bonds is 13. The number of sulfonamides is 1. The molecule has 0 spiro atoms.